The van der Waals surface area contributed by atoms with Gasteiger partial charge in [0, 0.05) is 14.7 Å². The van der Waals surface area contributed by atoms with Crippen LogP contribution in [0.2, 0.25) is 0 Å². The number of hydrogen-bond acceptors (Lipinski definition) is 4. The maximum atomic E-state index is 13.1. The molecule has 3 nitrogen and oxygen atoms in total. The van der Waals surface area contributed by atoms with E-state index in [-0.39, 0.29) is 11.7 Å². The Bertz CT molecular complexity index is 859. The molecule has 0 atom stereocenters. The van der Waals surface area contributed by atoms with Gasteiger partial charge in [0.15, 0.2) is 0 Å². The molecule has 2 aromatic heterocycles. The molecule has 118 valence electrons. The first kappa shape index (κ1) is 16.3. The zero-order valence-electron chi connectivity index (χ0n) is 12.1. The number of hydrogen-bond donors (Lipinski definition) is 1. The van der Waals surface area contributed by atoms with Crippen LogP contribution >= 0.6 is 38.6 Å². The Kier molecular flexibility index (Phi) is 4.89. The van der Waals surface area contributed by atoms with E-state index in [0.717, 1.165) is 20.5 Å². The predicted octanol–water partition coefficient (Wildman–Crippen LogP) is 5.01. The summed E-state index contributed by atoms with van der Waals surface area (Å²) in [6.45, 7) is 2.40. The summed E-state index contributed by atoms with van der Waals surface area (Å²) >= 11 is 6.42. The third-order valence-electron chi connectivity index (χ3n) is 3.13. The van der Waals surface area contributed by atoms with E-state index in [1.54, 1.807) is 22.7 Å². The maximum absolute atomic E-state index is 13.1. The average molecular weight is 411 g/mol. The number of benzene rings is 1. The molecule has 7 heteroatoms. The molecule has 0 aliphatic heterocycles. The van der Waals surface area contributed by atoms with E-state index in [4.69, 9.17) is 0 Å². The van der Waals surface area contributed by atoms with Crippen LogP contribution in [0.3, 0.4) is 0 Å². The minimum Gasteiger partial charge on any atom is -0.347 e. The molecule has 0 radical (unpaired) electrons. The van der Waals surface area contributed by atoms with Crippen LogP contribution in [0.4, 0.5) is 4.39 Å². The molecule has 1 aromatic carbocycles. The van der Waals surface area contributed by atoms with E-state index < -0.39 is 0 Å². The summed E-state index contributed by atoms with van der Waals surface area (Å²) in [5.74, 6) is -0.619. The molecule has 0 bridgehead atoms. The molecule has 0 aliphatic rings. The third kappa shape index (κ3) is 3.85. The van der Waals surface area contributed by atoms with Gasteiger partial charge in [-0.1, -0.05) is 0 Å². The van der Waals surface area contributed by atoms with Gasteiger partial charge in [-0.3, -0.25) is 4.79 Å². The zero-order valence-corrected chi connectivity index (χ0v) is 15.3. The van der Waals surface area contributed by atoms with Gasteiger partial charge in [0.1, 0.15) is 5.82 Å². The maximum Gasteiger partial charge on any atom is 0.252 e. The fraction of sp³-hybridized carbons (Fsp3) is 0.125. The largest absolute Gasteiger partial charge is 0.347 e. The van der Waals surface area contributed by atoms with Crippen molar-refractivity contribution in [3.8, 4) is 10.6 Å². The van der Waals surface area contributed by atoms with Crippen LogP contribution in [-0.2, 0) is 6.54 Å². The van der Waals surface area contributed by atoms with Crippen LogP contribution in [0, 0.1) is 12.7 Å². The molecule has 23 heavy (non-hydrogen) atoms. The summed E-state index contributed by atoms with van der Waals surface area (Å²) in [7, 11) is 0. The molecular formula is C16H12BrFN2OS2. The molecule has 1 amide bonds. The van der Waals surface area contributed by atoms with Crippen molar-refractivity contribution in [2.24, 2.45) is 0 Å². The third-order valence-corrected chi connectivity index (χ3v) is 5.67. The summed E-state index contributed by atoms with van der Waals surface area (Å²) in [6, 6.07) is 8.01. The van der Waals surface area contributed by atoms with Gasteiger partial charge in [0.05, 0.1) is 27.7 Å². The van der Waals surface area contributed by atoms with Crippen molar-refractivity contribution in [2.45, 2.75) is 13.5 Å². The number of thiophene rings is 1. The summed E-state index contributed by atoms with van der Waals surface area (Å²) in [6.07, 6.45) is 0. The van der Waals surface area contributed by atoms with E-state index in [9.17, 15) is 9.18 Å². The summed E-state index contributed by atoms with van der Waals surface area (Å²) < 4.78 is 13.5. The fourth-order valence-corrected chi connectivity index (χ4v) is 4.15. The number of nitrogens with one attached hydrogen (secondary N) is 1. The minimum atomic E-state index is -0.380. The van der Waals surface area contributed by atoms with Crippen molar-refractivity contribution < 1.29 is 9.18 Å². The van der Waals surface area contributed by atoms with E-state index in [0.29, 0.717) is 16.6 Å². The highest BCUT2D eigenvalue weighted by Crippen LogP contribution is 2.29. The van der Waals surface area contributed by atoms with Crippen LogP contribution in [0.5, 0.6) is 0 Å². The monoisotopic (exact) mass is 410 g/mol. The number of carbonyl (C=O) groups is 1. The smallest absolute Gasteiger partial charge is 0.252 e. The fourth-order valence-electron chi connectivity index (χ4n) is 2.02. The summed E-state index contributed by atoms with van der Waals surface area (Å²) in [5, 5.41) is 5.91. The molecule has 0 saturated carbocycles. The number of amides is 1. The number of carbonyl (C=O) groups excluding carboxylic acids is 1. The van der Waals surface area contributed by atoms with Crippen molar-refractivity contribution >= 4 is 44.5 Å². The van der Waals surface area contributed by atoms with Crippen molar-refractivity contribution in [3.05, 3.63) is 61.5 Å². The predicted molar refractivity (Wildman–Crippen MR) is 95.4 cm³/mol. The lowest BCUT2D eigenvalue weighted by Crippen LogP contribution is -2.22. The van der Waals surface area contributed by atoms with Crippen LogP contribution in [-0.4, -0.2) is 10.9 Å². The second-order valence-corrected chi connectivity index (χ2v) is 7.91. The van der Waals surface area contributed by atoms with Crippen molar-refractivity contribution in [1.82, 2.24) is 10.3 Å². The Morgan fingerprint density at radius 3 is 2.87 bits per heavy atom. The number of aromatic nitrogens is 1. The normalized spacial score (nSPS) is 10.7. The van der Waals surface area contributed by atoms with Gasteiger partial charge < -0.3 is 5.32 Å². The molecule has 3 rings (SSSR count). The number of aryl methyl sites for hydroxylation is 1. The molecule has 0 fully saturated rings. The highest BCUT2D eigenvalue weighted by molar-refractivity contribution is 9.10. The zero-order chi connectivity index (χ0) is 16.4. The van der Waals surface area contributed by atoms with Gasteiger partial charge in [0.25, 0.3) is 5.91 Å². The van der Waals surface area contributed by atoms with Crippen LogP contribution in [0.25, 0.3) is 10.6 Å². The Morgan fingerprint density at radius 1 is 1.35 bits per heavy atom. The van der Waals surface area contributed by atoms with E-state index in [1.807, 2.05) is 24.4 Å². The Morgan fingerprint density at radius 2 is 2.17 bits per heavy atom. The topological polar surface area (TPSA) is 42.0 Å². The highest BCUT2D eigenvalue weighted by atomic mass is 79.9. The Hall–Kier alpha value is -1.57. The van der Waals surface area contributed by atoms with Gasteiger partial charge in [-0.2, -0.15) is 0 Å². The lowest BCUT2D eigenvalue weighted by atomic mass is 10.2. The van der Waals surface area contributed by atoms with Crippen LogP contribution in [0.15, 0.2) is 40.2 Å². The van der Waals surface area contributed by atoms with Crippen LogP contribution in [0.1, 0.15) is 20.2 Å². The summed E-state index contributed by atoms with van der Waals surface area (Å²) in [5.41, 5.74) is 1.38. The molecule has 0 unspecified atom stereocenters. The quantitative estimate of drug-likeness (QED) is 0.656. The Balaban J connectivity index is 1.66. The van der Waals surface area contributed by atoms with E-state index in [2.05, 4.69) is 26.2 Å². The second kappa shape index (κ2) is 6.90. The average Bonchev–Trinajstić information content (AvgIpc) is 3.13. The SMILES string of the molecule is Cc1nc(-c2ccc(CNC(=O)c3ccc(F)cc3Br)s2)cs1. The number of rotatable bonds is 4. The van der Waals surface area contributed by atoms with Crippen molar-refractivity contribution in [2.75, 3.05) is 0 Å². The first-order valence-corrected chi connectivity index (χ1v) is 9.26. The van der Waals surface area contributed by atoms with E-state index in [1.165, 1.54) is 18.2 Å². The standard InChI is InChI=1S/C16H12BrFN2OS2/c1-9-20-14(8-22-9)15-5-3-11(23-15)7-19-16(21)12-4-2-10(18)6-13(12)17/h2-6,8H,7H2,1H3,(H,19,21). The van der Waals surface area contributed by atoms with Gasteiger partial charge >= 0.3 is 0 Å². The first-order valence-electron chi connectivity index (χ1n) is 6.77. The van der Waals surface area contributed by atoms with Crippen molar-refractivity contribution in [1.29, 1.82) is 0 Å². The lowest BCUT2D eigenvalue weighted by molar-refractivity contribution is 0.0950. The van der Waals surface area contributed by atoms with Gasteiger partial charge in [-0.15, -0.1) is 22.7 Å². The minimum absolute atomic E-state index is 0.240. The molecule has 0 saturated heterocycles. The van der Waals surface area contributed by atoms with Gasteiger partial charge in [0.2, 0.25) is 0 Å². The first-order chi connectivity index (χ1) is 11.0. The molecular weight excluding hydrogens is 399 g/mol. The number of thiazole rings is 1. The summed E-state index contributed by atoms with van der Waals surface area (Å²) in [4.78, 5) is 18.7. The van der Waals surface area contributed by atoms with E-state index >= 15 is 0 Å². The lowest BCUT2D eigenvalue weighted by Gasteiger charge is -2.05. The molecule has 2 heterocycles. The highest BCUT2D eigenvalue weighted by Gasteiger charge is 2.12. The number of nitrogens with zero attached hydrogens (tertiary/aromatic N) is 1. The van der Waals surface area contributed by atoms with Gasteiger partial charge in [-0.25, -0.2) is 9.37 Å². The molecule has 3 aromatic rings. The Labute approximate surface area is 149 Å². The van der Waals surface area contributed by atoms with Gasteiger partial charge in [-0.05, 0) is 53.2 Å². The molecule has 0 spiro atoms. The second-order valence-electron chi connectivity index (χ2n) is 4.82. The molecule has 0 aliphatic carbocycles. The van der Waals surface area contributed by atoms with Crippen molar-refractivity contribution in [3.63, 3.8) is 0 Å². The molecule has 1 N–H and O–H groups in total. The number of halogens is 2. The van der Waals surface area contributed by atoms with Crippen LogP contribution < -0.4 is 5.32 Å².